The summed E-state index contributed by atoms with van der Waals surface area (Å²) in [7, 11) is 0. The van der Waals surface area contributed by atoms with Crippen LogP contribution in [0.25, 0.3) is 0 Å². The van der Waals surface area contributed by atoms with Crippen LogP contribution in [-0.4, -0.2) is 52.9 Å². The Balaban J connectivity index is 1.24. The number of aliphatic hydroxyl groups is 1. The summed E-state index contributed by atoms with van der Waals surface area (Å²) in [4.78, 5) is 29.2. The number of ether oxygens (including phenoxy) is 2. The SMILES string of the molecule is O=C(Cc1ccncc1)Nc1ccc2c(c1)[C@@H]1C[C@H](CC(=O)NC3CCCCC3)O[C@H](CO)[C@@H]1O2. The minimum absolute atomic E-state index is 0.00769. The number of nitrogens with zero attached hydrogens (tertiary/aromatic N) is 1. The van der Waals surface area contributed by atoms with E-state index in [0.29, 0.717) is 12.1 Å². The fourth-order valence-electron chi connectivity index (χ4n) is 5.60. The molecule has 1 saturated heterocycles. The topological polar surface area (TPSA) is 110 Å². The highest BCUT2D eigenvalue weighted by molar-refractivity contribution is 5.92. The van der Waals surface area contributed by atoms with Crippen molar-refractivity contribution >= 4 is 17.5 Å². The highest BCUT2D eigenvalue weighted by Crippen LogP contribution is 2.47. The van der Waals surface area contributed by atoms with Crippen molar-refractivity contribution < 1.29 is 24.2 Å². The third-order valence-corrected chi connectivity index (χ3v) is 7.28. The van der Waals surface area contributed by atoms with Crippen LogP contribution in [0.3, 0.4) is 0 Å². The van der Waals surface area contributed by atoms with Gasteiger partial charge in [0.1, 0.15) is 18.0 Å². The molecule has 186 valence electrons. The average molecular weight is 480 g/mol. The van der Waals surface area contributed by atoms with Gasteiger partial charge in [-0.05, 0) is 55.2 Å². The Morgan fingerprint density at radius 2 is 1.86 bits per heavy atom. The van der Waals surface area contributed by atoms with E-state index in [9.17, 15) is 14.7 Å². The van der Waals surface area contributed by atoms with Gasteiger partial charge in [0.2, 0.25) is 11.8 Å². The maximum atomic E-state index is 12.7. The van der Waals surface area contributed by atoms with Gasteiger partial charge in [-0.25, -0.2) is 0 Å². The smallest absolute Gasteiger partial charge is 0.228 e. The molecule has 3 heterocycles. The number of benzene rings is 1. The predicted molar refractivity (Wildman–Crippen MR) is 130 cm³/mol. The molecule has 0 radical (unpaired) electrons. The Morgan fingerprint density at radius 3 is 2.63 bits per heavy atom. The van der Waals surface area contributed by atoms with E-state index in [-0.39, 0.29) is 55.4 Å². The van der Waals surface area contributed by atoms with Gasteiger partial charge in [0, 0.05) is 35.6 Å². The van der Waals surface area contributed by atoms with Gasteiger partial charge in [-0.15, -0.1) is 0 Å². The maximum Gasteiger partial charge on any atom is 0.228 e. The second-order valence-corrected chi connectivity index (χ2v) is 9.84. The van der Waals surface area contributed by atoms with Crippen LogP contribution in [0.5, 0.6) is 5.75 Å². The van der Waals surface area contributed by atoms with Crippen molar-refractivity contribution in [1.82, 2.24) is 10.3 Å². The molecular weight excluding hydrogens is 446 g/mol. The van der Waals surface area contributed by atoms with Gasteiger partial charge in [-0.1, -0.05) is 19.3 Å². The van der Waals surface area contributed by atoms with Crippen molar-refractivity contribution in [2.45, 2.75) is 81.6 Å². The number of hydrogen-bond donors (Lipinski definition) is 3. The van der Waals surface area contributed by atoms with Crippen LogP contribution in [0.1, 0.15) is 62.0 Å². The fourth-order valence-corrected chi connectivity index (χ4v) is 5.60. The molecule has 2 amide bonds. The first-order valence-corrected chi connectivity index (χ1v) is 12.6. The second kappa shape index (κ2) is 10.7. The lowest BCUT2D eigenvalue weighted by Crippen LogP contribution is -2.48. The summed E-state index contributed by atoms with van der Waals surface area (Å²) >= 11 is 0. The van der Waals surface area contributed by atoms with Gasteiger partial charge in [0.15, 0.2) is 0 Å². The van der Waals surface area contributed by atoms with Crippen LogP contribution in [0.15, 0.2) is 42.7 Å². The Bertz CT molecular complexity index is 1040. The highest BCUT2D eigenvalue weighted by atomic mass is 16.6. The molecular formula is C27H33N3O5. The largest absolute Gasteiger partial charge is 0.487 e. The fraction of sp³-hybridized carbons (Fsp3) is 0.519. The molecule has 8 nitrogen and oxygen atoms in total. The summed E-state index contributed by atoms with van der Waals surface area (Å²) in [5, 5.41) is 16.1. The van der Waals surface area contributed by atoms with Crippen molar-refractivity contribution in [2.75, 3.05) is 11.9 Å². The van der Waals surface area contributed by atoms with Crippen LogP contribution in [0, 0.1) is 0 Å². The van der Waals surface area contributed by atoms with E-state index in [4.69, 9.17) is 9.47 Å². The summed E-state index contributed by atoms with van der Waals surface area (Å²) in [6.45, 7) is -0.175. The zero-order chi connectivity index (χ0) is 24.2. The van der Waals surface area contributed by atoms with Gasteiger partial charge in [-0.3, -0.25) is 14.6 Å². The Kier molecular flexibility index (Phi) is 7.29. The van der Waals surface area contributed by atoms with E-state index in [1.807, 2.05) is 30.3 Å². The highest BCUT2D eigenvalue weighted by Gasteiger charge is 2.46. The van der Waals surface area contributed by atoms with Crippen LogP contribution < -0.4 is 15.4 Å². The summed E-state index contributed by atoms with van der Waals surface area (Å²) in [5.41, 5.74) is 2.58. The minimum Gasteiger partial charge on any atom is -0.487 e. The molecule has 1 saturated carbocycles. The number of pyridine rings is 1. The first-order chi connectivity index (χ1) is 17.1. The van der Waals surface area contributed by atoms with Crippen LogP contribution in [0.4, 0.5) is 5.69 Å². The molecule has 0 spiro atoms. The molecule has 35 heavy (non-hydrogen) atoms. The van der Waals surface area contributed by atoms with E-state index in [0.717, 1.165) is 42.6 Å². The van der Waals surface area contributed by atoms with Gasteiger partial charge in [0.25, 0.3) is 0 Å². The molecule has 0 unspecified atom stereocenters. The van der Waals surface area contributed by atoms with Gasteiger partial charge >= 0.3 is 0 Å². The quantitative estimate of drug-likeness (QED) is 0.563. The van der Waals surface area contributed by atoms with Crippen LogP contribution in [0.2, 0.25) is 0 Å². The van der Waals surface area contributed by atoms with Crippen molar-refractivity contribution in [2.24, 2.45) is 0 Å². The minimum atomic E-state index is -0.502. The molecule has 2 aliphatic heterocycles. The van der Waals surface area contributed by atoms with E-state index >= 15 is 0 Å². The van der Waals surface area contributed by atoms with E-state index in [2.05, 4.69) is 15.6 Å². The van der Waals surface area contributed by atoms with Gasteiger partial charge in [-0.2, -0.15) is 0 Å². The normalized spacial score (nSPS) is 25.7. The van der Waals surface area contributed by atoms with E-state index < -0.39 is 6.10 Å². The zero-order valence-corrected chi connectivity index (χ0v) is 19.8. The number of amides is 2. The van der Waals surface area contributed by atoms with Crippen molar-refractivity contribution in [3.05, 3.63) is 53.9 Å². The number of hydrogen-bond acceptors (Lipinski definition) is 6. The number of carbonyl (C=O) groups excluding carboxylic acids is 2. The number of rotatable bonds is 7. The Morgan fingerprint density at radius 1 is 1.06 bits per heavy atom. The van der Waals surface area contributed by atoms with Gasteiger partial charge in [0.05, 0.1) is 25.6 Å². The number of aromatic nitrogens is 1. The number of aliphatic hydroxyl groups excluding tert-OH is 1. The second-order valence-electron chi connectivity index (χ2n) is 9.84. The molecule has 1 aromatic carbocycles. The third kappa shape index (κ3) is 5.65. The summed E-state index contributed by atoms with van der Waals surface area (Å²) in [5.74, 6) is 0.624. The molecule has 3 N–H and O–H groups in total. The van der Waals surface area contributed by atoms with Crippen LogP contribution in [-0.2, 0) is 20.7 Å². The molecule has 2 aromatic rings. The number of nitrogens with one attached hydrogen (secondary N) is 2. The monoisotopic (exact) mass is 479 g/mol. The lowest BCUT2D eigenvalue weighted by molar-refractivity contribution is -0.142. The average Bonchev–Trinajstić information content (AvgIpc) is 3.22. The molecule has 2 fully saturated rings. The molecule has 0 bridgehead atoms. The van der Waals surface area contributed by atoms with Crippen molar-refractivity contribution in [1.29, 1.82) is 0 Å². The van der Waals surface area contributed by atoms with Crippen molar-refractivity contribution in [3.63, 3.8) is 0 Å². The summed E-state index contributed by atoms with van der Waals surface area (Å²) < 4.78 is 12.2. The maximum absolute atomic E-state index is 12.7. The third-order valence-electron chi connectivity index (χ3n) is 7.28. The Hall–Kier alpha value is -2.97. The van der Waals surface area contributed by atoms with Crippen LogP contribution >= 0.6 is 0 Å². The number of anilines is 1. The number of carbonyl (C=O) groups is 2. The van der Waals surface area contributed by atoms with E-state index in [1.54, 1.807) is 12.4 Å². The molecule has 5 rings (SSSR count). The summed E-state index contributed by atoms with van der Waals surface area (Å²) in [6, 6.07) is 9.53. The molecule has 1 aliphatic carbocycles. The predicted octanol–water partition coefficient (Wildman–Crippen LogP) is 3.10. The standard InChI is InChI=1S/C27H33N3O5/c31-16-24-27-22(14-20(34-24)15-26(33)29-18-4-2-1-3-5-18)21-13-19(6-7-23(21)35-27)30-25(32)12-17-8-10-28-11-9-17/h6-11,13,18,20,22,24,27,31H,1-5,12,14-16H2,(H,29,33)(H,30,32)/t20-,22+,24-,27-/m1/s1. The molecule has 1 aromatic heterocycles. The number of fused-ring (bicyclic) bond motifs is 3. The molecule has 3 aliphatic rings. The van der Waals surface area contributed by atoms with Crippen molar-refractivity contribution in [3.8, 4) is 5.75 Å². The van der Waals surface area contributed by atoms with Gasteiger partial charge < -0.3 is 25.2 Å². The Labute approximate surface area is 205 Å². The first kappa shape index (κ1) is 23.8. The zero-order valence-electron chi connectivity index (χ0n) is 19.8. The first-order valence-electron chi connectivity index (χ1n) is 12.6. The lowest BCUT2D eigenvalue weighted by atomic mass is 9.84. The molecule has 4 atom stereocenters. The summed E-state index contributed by atoms with van der Waals surface area (Å²) in [6.07, 6.45) is 9.04. The molecule has 8 heteroatoms. The van der Waals surface area contributed by atoms with E-state index in [1.165, 1.54) is 6.42 Å². The lowest BCUT2D eigenvalue weighted by Gasteiger charge is -2.37.